The largest absolute Gasteiger partial charge is 0.464 e. The molecule has 1 N–H and O–H groups in total. The minimum Gasteiger partial charge on any atom is -0.464 e. The maximum atomic E-state index is 5.73. The van der Waals surface area contributed by atoms with Gasteiger partial charge >= 0.3 is 6.01 Å². The molecule has 1 rings (SSSR count). The van der Waals surface area contributed by atoms with Crippen molar-refractivity contribution >= 4 is 17.5 Å². The molecule has 0 amide bonds. The Morgan fingerprint density at radius 2 is 2.12 bits per heavy atom. The molecule has 5 nitrogen and oxygen atoms in total. The second-order valence-corrected chi connectivity index (χ2v) is 3.64. The van der Waals surface area contributed by atoms with E-state index in [1.807, 2.05) is 26.8 Å². The summed E-state index contributed by atoms with van der Waals surface area (Å²) in [5.41, 5.74) is 1.22. The maximum Gasteiger partial charge on any atom is 0.322 e. The average Bonchev–Trinajstić information content (AvgIpc) is 2.16. The van der Waals surface area contributed by atoms with Gasteiger partial charge in [0.1, 0.15) is 0 Å². The fourth-order valence-corrected chi connectivity index (χ4v) is 1.10. The van der Waals surface area contributed by atoms with Crippen LogP contribution in [0.15, 0.2) is 11.6 Å². The molecule has 0 atom stereocenters. The van der Waals surface area contributed by atoms with Crippen LogP contribution in [0.1, 0.15) is 20.8 Å². The molecule has 1 heterocycles. The molecule has 0 bridgehead atoms. The van der Waals surface area contributed by atoms with Crippen molar-refractivity contribution in [2.75, 3.05) is 18.5 Å². The third kappa shape index (κ3) is 4.44. The van der Waals surface area contributed by atoms with Gasteiger partial charge in [-0.25, -0.2) is 0 Å². The van der Waals surface area contributed by atoms with Crippen LogP contribution in [-0.4, -0.2) is 28.1 Å². The lowest BCUT2D eigenvalue weighted by atomic mass is 10.3. The molecule has 6 heteroatoms. The van der Waals surface area contributed by atoms with Crippen LogP contribution in [-0.2, 0) is 0 Å². The Bertz CT molecular complexity index is 377. The van der Waals surface area contributed by atoms with E-state index in [2.05, 4.69) is 20.3 Å². The van der Waals surface area contributed by atoms with Crippen LogP contribution in [0.4, 0.5) is 5.95 Å². The van der Waals surface area contributed by atoms with Crippen molar-refractivity contribution in [1.29, 1.82) is 0 Å². The van der Waals surface area contributed by atoms with E-state index in [1.54, 1.807) is 0 Å². The van der Waals surface area contributed by atoms with E-state index in [1.165, 1.54) is 5.57 Å². The number of rotatable bonds is 5. The summed E-state index contributed by atoms with van der Waals surface area (Å²) < 4.78 is 5.15. The van der Waals surface area contributed by atoms with E-state index >= 15 is 0 Å². The number of ether oxygens (including phenoxy) is 1. The first-order valence-corrected chi connectivity index (χ1v) is 5.41. The monoisotopic (exact) mass is 242 g/mol. The zero-order valence-corrected chi connectivity index (χ0v) is 10.4. The van der Waals surface area contributed by atoms with Gasteiger partial charge in [0.2, 0.25) is 11.2 Å². The summed E-state index contributed by atoms with van der Waals surface area (Å²) >= 11 is 5.73. The van der Waals surface area contributed by atoms with E-state index < -0.39 is 0 Å². The lowest BCUT2D eigenvalue weighted by Crippen LogP contribution is -2.07. The molecule has 0 aliphatic rings. The minimum absolute atomic E-state index is 0.123. The van der Waals surface area contributed by atoms with Crippen LogP contribution in [0.3, 0.4) is 0 Å². The normalized spacial score (nSPS) is 9.75. The number of aromatic nitrogens is 3. The lowest BCUT2D eigenvalue weighted by molar-refractivity contribution is 0.312. The van der Waals surface area contributed by atoms with E-state index in [9.17, 15) is 0 Å². The summed E-state index contributed by atoms with van der Waals surface area (Å²) in [7, 11) is 0. The van der Waals surface area contributed by atoms with E-state index in [4.69, 9.17) is 16.3 Å². The molecule has 0 fully saturated rings. The Morgan fingerprint density at radius 1 is 1.38 bits per heavy atom. The number of allylic oxidation sites excluding steroid dienone is 1. The smallest absolute Gasteiger partial charge is 0.322 e. The van der Waals surface area contributed by atoms with Gasteiger partial charge in [-0.05, 0) is 32.4 Å². The van der Waals surface area contributed by atoms with E-state index in [0.29, 0.717) is 19.1 Å². The molecule has 0 saturated heterocycles. The van der Waals surface area contributed by atoms with Crippen LogP contribution in [0.25, 0.3) is 0 Å². The molecule has 16 heavy (non-hydrogen) atoms. The van der Waals surface area contributed by atoms with Gasteiger partial charge in [-0.1, -0.05) is 11.6 Å². The molecule has 0 aliphatic heterocycles. The fraction of sp³-hybridized carbons (Fsp3) is 0.500. The topological polar surface area (TPSA) is 59.9 Å². The second kappa shape index (κ2) is 6.27. The minimum atomic E-state index is 0.123. The zero-order valence-electron chi connectivity index (χ0n) is 9.62. The van der Waals surface area contributed by atoms with Crippen LogP contribution < -0.4 is 10.1 Å². The third-order valence-corrected chi connectivity index (χ3v) is 1.80. The summed E-state index contributed by atoms with van der Waals surface area (Å²) in [6.45, 7) is 7.04. The zero-order chi connectivity index (χ0) is 12.0. The molecule has 0 spiro atoms. The van der Waals surface area contributed by atoms with Crippen molar-refractivity contribution in [1.82, 2.24) is 15.0 Å². The van der Waals surface area contributed by atoms with Gasteiger partial charge in [-0.3, -0.25) is 0 Å². The number of nitrogens with zero attached hydrogens (tertiary/aromatic N) is 3. The molecular formula is C10H15ClN4O. The van der Waals surface area contributed by atoms with Crippen LogP contribution in [0.5, 0.6) is 6.01 Å². The van der Waals surface area contributed by atoms with Crippen LogP contribution >= 0.6 is 11.6 Å². The number of hydrogen-bond donors (Lipinski definition) is 1. The highest BCUT2D eigenvalue weighted by Gasteiger charge is 2.04. The summed E-state index contributed by atoms with van der Waals surface area (Å²) in [6, 6.07) is 0.238. The fourth-order valence-electron chi connectivity index (χ4n) is 0.951. The van der Waals surface area contributed by atoms with Crippen LogP contribution in [0, 0.1) is 0 Å². The molecule has 1 aromatic rings. The molecule has 0 aliphatic carbocycles. The number of hydrogen-bond acceptors (Lipinski definition) is 5. The maximum absolute atomic E-state index is 5.73. The van der Waals surface area contributed by atoms with Gasteiger partial charge in [0.25, 0.3) is 0 Å². The molecule has 0 radical (unpaired) electrons. The first kappa shape index (κ1) is 12.7. The van der Waals surface area contributed by atoms with Gasteiger partial charge < -0.3 is 10.1 Å². The lowest BCUT2D eigenvalue weighted by Gasteiger charge is -2.05. The third-order valence-electron chi connectivity index (χ3n) is 1.63. The first-order valence-electron chi connectivity index (χ1n) is 5.03. The van der Waals surface area contributed by atoms with Gasteiger partial charge in [0.15, 0.2) is 0 Å². The molecule has 0 unspecified atom stereocenters. The van der Waals surface area contributed by atoms with E-state index in [-0.39, 0.29) is 11.3 Å². The van der Waals surface area contributed by atoms with Crippen molar-refractivity contribution in [3.8, 4) is 6.01 Å². The van der Waals surface area contributed by atoms with Crippen LogP contribution in [0.2, 0.25) is 5.28 Å². The van der Waals surface area contributed by atoms with Gasteiger partial charge in [0.05, 0.1) is 6.61 Å². The first-order chi connectivity index (χ1) is 7.61. The molecule has 0 aromatic carbocycles. The molecular weight excluding hydrogens is 228 g/mol. The average molecular weight is 243 g/mol. The second-order valence-electron chi connectivity index (χ2n) is 3.31. The summed E-state index contributed by atoms with van der Waals surface area (Å²) in [5.74, 6) is 0.418. The standard InChI is InChI=1S/C10H15ClN4O/c1-4-16-10-14-8(11)13-9(15-10)12-6-5-7(2)3/h5H,4,6H2,1-3H3,(H,12,13,14,15). The molecule has 1 aromatic heterocycles. The highest BCUT2D eigenvalue weighted by molar-refractivity contribution is 6.28. The Hall–Kier alpha value is -1.36. The van der Waals surface area contributed by atoms with Gasteiger partial charge in [-0.15, -0.1) is 0 Å². The quantitative estimate of drug-likeness (QED) is 0.803. The predicted octanol–water partition coefficient (Wildman–Crippen LogP) is 2.30. The van der Waals surface area contributed by atoms with Crippen molar-refractivity contribution in [3.63, 3.8) is 0 Å². The number of halogens is 1. The number of anilines is 1. The van der Waals surface area contributed by atoms with Crippen molar-refractivity contribution in [3.05, 3.63) is 16.9 Å². The number of nitrogens with one attached hydrogen (secondary N) is 1. The van der Waals surface area contributed by atoms with Gasteiger partial charge in [-0.2, -0.15) is 15.0 Å². The SMILES string of the molecule is CCOc1nc(Cl)nc(NCC=C(C)C)n1. The summed E-state index contributed by atoms with van der Waals surface area (Å²) in [6.07, 6.45) is 2.03. The van der Waals surface area contributed by atoms with Gasteiger partial charge in [0, 0.05) is 6.54 Å². The van der Waals surface area contributed by atoms with E-state index in [0.717, 1.165) is 0 Å². The van der Waals surface area contributed by atoms with Crippen molar-refractivity contribution in [2.24, 2.45) is 0 Å². The highest BCUT2D eigenvalue weighted by Crippen LogP contribution is 2.10. The summed E-state index contributed by atoms with van der Waals surface area (Å²) in [5, 5.41) is 3.14. The molecule has 88 valence electrons. The Morgan fingerprint density at radius 3 is 2.75 bits per heavy atom. The Kier molecular flexibility index (Phi) is 4.98. The molecule has 0 saturated carbocycles. The van der Waals surface area contributed by atoms with Crippen molar-refractivity contribution < 1.29 is 4.74 Å². The Balaban J connectivity index is 2.68. The highest BCUT2D eigenvalue weighted by atomic mass is 35.5. The Labute approximate surface area is 99.9 Å². The predicted molar refractivity (Wildman–Crippen MR) is 63.9 cm³/mol. The summed E-state index contributed by atoms with van der Waals surface area (Å²) in [4.78, 5) is 11.8. The van der Waals surface area contributed by atoms with Crippen molar-refractivity contribution in [2.45, 2.75) is 20.8 Å².